The van der Waals surface area contributed by atoms with Crippen LogP contribution >= 0.6 is 0 Å². The van der Waals surface area contributed by atoms with Crippen molar-refractivity contribution in [3.63, 3.8) is 0 Å². The molecule has 2 heterocycles. The van der Waals surface area contributed by atoms with Crippen LogP contribution in [0, 0.1) is 0 Å². The summed E-state index contributed by atoms with van der Waals surface area (Å²) < 4.78 is 10.4. The Hall–Kier alpha value is -3.80. The Kier molecular flexibility index (Phi) is 4.04. The molecule has 4 aromatic rings. The van der Waals surface area contributed by atoms with Crippen LogP contribution in [0.15, 0.2) is 68.0 Å². The quantitative estimate of drug-likeness (QED) is 0.529. The van der Waals surface area contributed by atoms with Gasteiger partial charge in [-0.3, -0.25) is 0 Å². The fourth-order valence-corrected chi connectivity index (χ4v) is 2.87. The molecule has 0 aliphatic rings. The monoisotopic (exact) mass is 372 g/mol. The lowest BCUT2D eigenvalue weighted by molar-refractivity contribution is 0.486. The van der Waals surface area contributed by atoms with Crippen molar-refractivity contribution >= 4 is 33.0 Å². The highest BCUT2D eigenvalue weighted by atomic mass is 16.4. The van der Waals surface area contributed by atoms with E-state index in [1.54, 1.807) is 38.1 Å². The summed E-state index contributed by atoms with van der Waals surface area (Å²) in [5.41, 5.74) is 2.70. The van der Waals surface area contributed by atoms with E-state index in [4.69, 9.17) is 8.83 Å². The molecule has 6 heteroatoms. The molecule has 0 saturated heterocycles. The maximum Gasteiger partial charge on any atom is 0.347 e. The van der Waals surface area contributed by atoms with Crippen LogP contribution in [0.5, 0.6) is 0 Å². The van der Waals surface area contributed by atoms with E-state index in [1.807, 2.05) is 12.1 Å². The number of aromatic nitrogens is 2. The minimum absolute atomic E-state index is 0.216. The van der Waals surface area contributed by atoms with Crippen LogP contribution in [0.4, 0.5) is 0 Å². The number of rotatable bonds is 3. The third kappa shape index (κ3) is 2.95. The zero-order chi connectivity index (χ0) is 20.0. The van der Waals surface area contributed by atoms with E-state index in [1.165, 1.54) is 0 Å². The highest BCUT2D eigenvalue weighted by molar-refractivity contribution is 5.88. The van der Waals surface area contributed by atoms with E-state index in [0.29, 0.717) is 33.0 Å². The van der Waals surface area contributed by atoms with E-state index in [0.717, 1.165) is 11.1 Å². The summed E-state index contributed by atoms with van der Waals surface area (Å²) in [7, 11) is 0. The molecule has 0 atom stereocenters. The van der Waals surface area contributed by atoms with Crippen LogP contribution in [0.2, 0.25) is 0 Å². The molecule has 0 amide bonds. The fraction of sp³-hybridized carbons (Fsp3) is 0.0909. The first-order valence-corrected chi connectivity index (χ1v) is 8.55. The zero-order valence-corrected chi connectivity index (χ0v) is 15.4. The lowest BCUT2D eigenvalue weighted by atomic mass is 10.0. The van der Waals surface area contributed by atoms with Gasteiger partial charge in [-0.05, 0) is 49.2 Å². The number of fused-ring (bicyclic) bond motifs is 2. The molecular formula is C22H16N2O4. The molecule has 0 aliphatic heterocycles. The summed E-state index contributed by atoms with van der Waals surface area (Å²) in [6.45, 7) is 10.9. The van der Waals surface area contributed by atoms with Crippen LogP contribution in [-0.4, -0.2) is 9.97 Å². The van der Waals surface area contributed by atoms with Gasteiger partial charge in [-0.15, -0.1) is 0 Å². The Morgan fingerprint density at radius 1 is 0.750 bits per heavy atom. The molecule has 138 valence electrons. The Balaban J connectivity index is 1.89. The van der Waals surface area contributed by atoms with Gasteiger partial charge in [0.05, 0.1) is 21.8 Å². The second-order valence-electron chi connectivity index (χ2n) is 6.64. The number of hydrogen-bond donors (Lipinski definition) is 0. The van der Waals surface area contributed by atoms with E-state index < -0.39 is 11.3 Å². The molecule has 0 aliphatic carbocycles. The summed E-state index contributed by atoms with van der Waals surface area (Å²) >= 11 is 0. The number of nitrogens with zero attached hydrogens (tertiary/aromatic N) is 2. The van der Waals surface area contributed by atoms with Gasteiger partial charge in [0, 0.05) is 11.1 Å². The molecular weight excluding hydrogens is 356 g/mol. The number of allylic oxidation sites excluding steroid dienone is 2. The van der Waals surface area contributed by atoms with Crippen molar-refractivity contribution in [1.29, 1.82) is 0 Å². The molecule has 0 spiro atoms. The van der Waals surface area contributed by atoms with Crippen molar-refractivity contribution in [2.75, 3.05) is 0 Å². The summed E-state index contributed by atoms with van der Waals surface area (Å²) in [6.07, 6.45) is 0. The SMILES string of the molecule is C=C(C)c1nc2ccc(-c3ccc4nc(C(=C)C)oc(=O)c4c3)cc2c(=O)o1. The van der Waals surface area contributed by atoms with Crippen molar-refractivity contribution in [1.82, 2.24) is 9.97 Å². The first-order valence-electron chi connectivity index (χ1n) is 8.55. The van der Waals surface area contributed by atoms with Gasteiger partial charge in [-0.2, -0.15) is 0 Å². The van der Waals surface area contributed by atoms with Crippen molar-refractivity contribution in [2.24, 2.45) is 0 Å². The van der Waals surface area contributed by atoms with Crippen LogP contribution < -0.4 is 11.3 Å². The fourth-order valence-electron chi connectivity index (χ4n) is 2.87. The molecule has 0 bridgehead atoms. The summed E-state index contributed by atoms with van der Waals surface area (Å²) in [5, 5.41) is 0.704. The molecule has 0 fully saturated rings. The highest BCUT2D eigenvalue weighted by Gasteiger charge is 2.11. The highest BCUT2D eigenvalue weighted by Crippen LogP contribution is 2.25. The molecule has 4 rings (SSSR count). The summed E-state index contributed by atoms with van der Waals surface area (Å²) in [5.74, 6) is 0.431. The van der Waals surface area contributed by atoms with Gasteiger partial charge < -0.3 is 8.83 Å². The van der Waals surface area contributed by atoms with Crippen molar-refractivity contribution in [3.8, 4) is 11.1 Å². The molecule has 0 unspecified atom stereocenters. The van der Waals surface area contributed by atoms with E-state index in [-0.39, 0.29) is 11.8 Å². The topological polar surface area (TPSA) is 86.2 Å². The van der Waals surface area contributed by atoms with Crippen LogP contribution in [0.25, 0.3) is 44.1 Å². The standard InChI is InChI=1S/C22H16N2O4/c1-11(2)19-23-17-7-5-13(9-15(17)21(25)27-19)14-6-8-18-16(10-14)22(26)28-20(24-18)12(3)4/h5-10H,1,3H2,2,4H3. The molecule has 2 aromatic carbocycles. The molecule has 6 nitrogen and oxygen atoms in total. The number of benzene rings is 2. The van der Waals surface area contributed by atoms with Crippen LogP contribution in [0.3, 0.4) is 0 Å². The van der Waals surface area contributed by atoms with E-state index in [2.05, 4.69) is 23.1 Å². The minimum atomic E-state index is -0.488. The third-order valence-corrected chi connectivity index (χ3v) is 4.32. The Morgan fingerprint density at radius 2 is 1.14 bits per heavy atom. The van der Waals surface area contributed by atoms with Gasteiger partial charge in [0.15, 0.2) is 0 Å². The smallest absolute Gasteiger partial charge is 0.347 e. The van der Waals surface area contributed by atoms with Crippen LogP contribution in [-0.2, 0) is 0 Å². The Labute approximate surface area is 159 Å². The van der Waals surface area contributed by atoms with Crippen molar-refractivity contribution in [2.45, 2.75) is 13.8 Å². The Bertz CT molecular complexity index is 1300. The predicted octanol–water partition coefficient (Wildman–Crippen LogP) is 4.42. The van der Waals surface area contributed by atoms with Gasteiger partial charge in [0.2, 0.25) is 11.8 Å². The average Bonchev–Trinajstić information content (AvgIpc) is 2.67. The largest absolute Gasteiger partial charge is 0.404 e. The summed E-state index contributed by atoms with van der Waals surface area (Å²) in [4.78, 5) is 33.3. The number of hydrogen-bond acceptors (Lipinski definition) is 6. The molecule has 0 radical (unpaired) electrons. The van der Waals surface area contributed by atoms with Gasteiger partial charge in [0.1, 0.15) is 0 Å². The second-order valence-corrected chi connectivity index (χ2v) is 6.64. The lowest BCUT2D eigenvalue weighted by Gasteiger charge is -2.06. The summed E-state index contributed by atoms with van der Waals surface area (Å²) in [6, 6.07) is 10.5. The van der Waals surface area contributed by atoms with Crippen molar-refractivity contribution < 1.29 is 8.83 Å². The van der Waals surface area contributed by atoms with E-state index in [9.17, 15) is 9.59 Å². The Morgan fingerprint density at radius 3 is 1.50 bits per heavy atom. The molecule has 2 aromatic heterocycles. The minimum Gasteiger partial charge on any atom is -0.404 e. The first kappa shape index (κ1) is 17.6. The molecule has 0 N–H and O–H groups in total. The molecule has 0 saturated carbocycles. The zero-order valence-electron chi connectivity index (χ0n) is 15.4. The van der Waals surface area contributed by atoms with Crippen LogP contribution in [0.1, 0.15) is 25.6 Å². The lowest BCUT2D eigenvalue weighted by Crippen LogP contribution is -2.05. The third-order valence-electron chi connectivity index (χ3n) is 4.32. The molecule has 28 heavy (non-hydrogen) atoms. The van der Waals surface area contributed by atoms with Crippen molar-refractivity contribution in [3.05, 3.63) is 82.2 Å². The average molecular weight is 372 g/mol. The van der Waals surface area contributed by atoms with Gasteiger partial charge in [-0.1, -0.05) is 25.3 Å². The predicted molar refractivity (Wildman–Crippen MR) is 109 cm³/mol. The first-order chi connectivity index (χ1) is 13.3. The normalized spacial score (nSPS) is 11.1. The van der Waals surface area contributed by atoms with Gasteiger partial charge >= 0.3 is 11.3 Å². The maximum absolute atomic E-state index is 12.3. The maximum atomic E-state index is 12.3. The van der Waals surface area contributed by atoms with E-state index >= 15 is 0 Å². The van der Waals surface area contributed by atoms with Gasteiger partial charge in [0.25, 0.3) is 0 Å². The van der Waals surface area contributed by atoms with Gasteiger partial charge in [-0.25, -0.2) is 19.6 Å². The second kappa shape index (κ2) is 6.42.